The van der Waals surface area contributed by atoms with Crippen LogP contribution >= 0.6 is 11.3 Å². The van der Waals surface area contributed by atoms with Gasteiger partial charge in [-0.3, -0.25) is 9.59 Å². The predicted molar refractivity (Wildman–Crippen MR) is 110 cm³/mol. The van der Waals surface area contributed by atoms with E-state index in [4.69, 9.17) is 9.47 Å². The van der Waals surface area contributed by atoms with Crippen LogP contribution in [0.4, 0.5) is 0 Å². The maximum Gasteiger partial charge on any atom is 0.331 e. The predicted octanol–water partition coefficient (Wildman–Crippen LogP) is 2.30. The molecule has 7 nitrogen and oxygen atoms in total. The highest BCUT2D eigenvalue weighted by atomic mass is 32.1. The lowest BCUT2D eigenvalue weighted by atomic mass is 10.2. The molecular formula is C21H22N2O5S. The lowest BCUT2D eigenvalue weighted by molar-refractivity contribution is -0.148. The van der Waals surface area contributed by atoms with Crippen LogP contribution < -0.4 is 4.74 Å². The van der Waals surface area contributed by atoms with E-state index in [9.17, 15) is 14.4 Å². The van der Waals surface area contributed by atoms with Crippen molar-refractivity contribution < 1.29 is 23.9 Å². The molecule has 29 heavy (non-hydrogen) atoms. The lowest BCUT2D eigenvalue weighted by Gasteiger charge is -2.34. The number of piperazine rings is 1. The van der Waals surface area contributed by atoms with Crippen molar-refractivity contribution >= 4 is 35.2 Å². The number of rotatable bonds is 6. The fourth-order valence-electron chi connectivity index (χ4n) is 2.90. The van der Waals surface area contributed by atoms with Gasteiger partial charge in [-0.05, 0) is 35.2 Å². The van der Waals surface area contributed by atoms with Gasteiger partial charge in [-0.15, -0.1) is 11.3 Å². The zero-order valence-electron chi connectivity index (χ0n) is 16.1. The largest absolute Gasteiger partial charge is 0.497 e. The average Bonchev–Trinajstić information content (AvgIpc) is 3.30. The molecule has 1 fully saturated rings. The van der Waals surface area contributed by atoms with Crippen molar-refractivity contribution in [3.05, 3.63) is 58.3 Å². The van der Waals surface area contributed by atoms with Crippen LogP contribution in [0.1, 0.15) is 15.2 Å². The van der Waals surface area contributed by atoms with E-state index in [0.29, 0.717) is 36.8 Å². The highest BCUT2D eigenvalue weighted by Crippen LogP contribution is 2.15. The summed E-state index contributed by atoms with van der Waals surface area (Å²) in [5.41, 5.74) is 0.791. The number of carbonyl (C=O) groups is 3. The highest BCUT2D eigenvalue weighted by molar-refractivity contribution is 7.12. The third kappa shape index (κ3) is 5.68. The first-order valence-corrected chi connectivity index (χ1v) is 10.0. The van der Waals surface area contributed by atoms with Crippen molar-refractivity contribution in [3.63, 3.8) is 0 Å². The molecule has 1 aliphatic heterocycles. The zero-order valence-corrected chi connectivity index (χ0v) is 16.9. The molecule has 1 aromatic heterocycles. The molecular weight excluding hydrogens is 392 g/mol. The van der Waals surface area contributed by atoms with Gasteiger partial charge in [0.25, 0.3) is 11.8 Å². The molecule has 0 saturated carbocycles. The van der Waals surface area contributed by atoms with Gasteiger partial charge in [-0.2, -0.15) is 0 Å². The Morgan fingerprint density at radius 1 is 1.07 bits per heavy atom. The minimum Gasteiger partial charge on any atom is -0.497 e. The summed E-state index contributed by atoms with van der Waals surface area (Å²) in [6, 6.07) is 10.9. The fraction of sp³-hybridized carbons (Fsp3) is 0.286. The van der Waals surface area contributed by atoms with Crippen LogP contribution in [0.5, 0.6) is 5.75 Å². The number of hydrogen-bond acceptors (Lipinski definition) is 6. The Bertz CT molecular complexity index is 886. The minimum absolute atomic E-state index is 0.0128. The number of nitrogens with zero attached hydrogens (tertiary/aromatic N) is 2. The van der Waals surface area contributed by atoms with Gasteiger partial charge in [-0.25, -0.2) is 4.79 Å². The molecule has 0 aliphatic carbocycles. The number of benzene rings is 1. The maximum absolute atomic E-state index is 12.3. The summed E-state index contributed by atoms with van der Waals surface area (Å²) >= 11 is 1.41. The molecule has 0 radical (unpaired) electrons. The summed E-state index contributed by atoms with van der Waals surface area (Å²) in [6.45, 7) is 1.46. The quantitative estimate of drug-likeness (QED) is 0.536. The Labute approximate surface area is 173 Å². The van der Waals surface area contributed by atoms with Crippen molar-refractivity contribution in [3.8, 4) is 5.75 Å². The molecule has 2 aromatic rings. The third-order valence-electron chi connectivity index (χ3n) is 4.50. The van der Waals surface area contributed by atoms with Crippen LogP contribution in [0, 0.1) is 0 Å². The molecule has 8 heteroatoms. The highest BCUT2D eigenvalue weighted by Gasteiger charge is 2.25. The van der Waals surface area contributed by atoms with Gasteiger partial charge in [0, 0.05) is 32.3 Å². The second kappa shape index (κ2) is 9.88. The van der Waals surface area contributed by atoms with E-state index in [1.807, 2.05) is 29.6 Å². The average molecular weight is 414 g/mol. The Morgan fingerprint density at radius 3 is 2.52 bits per heavy atom. The number of ether oxygens (including phenoxy) is 2. The second-order valence-corrected chi connectivity index (χ2v) is 7.32. The van der Waals surface area contributed by atoms with Crippen LogP contribution in [0.15, 0.2) is 47.9 Å². The normalized spacial score (nSPS) is 14.1. The Balaban J connectivity index is 1.42. The SMILES string of the molecule is COc1cccc(/C=C/C(=O)OCC(=O)N2CCN(C(=O)c3cccs3)CC2)c1. The zero-order chi connectivity index (χ0) is 20.6. The molecule has 0 bridgehead atoms. The number of carbonyl (C=O) groups excluding carboxylic acids is 3. The molecule has 3 rings (SSSR count). The summed E-state index contributed by atoms with van der Waals surface area (Å²) in [7, 11) is 1.57. The first-order chi connectivity index (χ1) is 14.1. The van der Waals surface area contributed by atoms with Gasteiger partial charge >= 0.3 is 5.97 Å². The monoisotopic (exact) mass is 414 g/mol. The molecule has 0 N–H and O–H groups in total. The summed E-state index contributed by atoms with van der Waals surface area (Å²) in [5.74, 6) is -0.183. The number of methoxy groups -OCH3 is 1. The van der Waals surface area contributed by atoms with E-state index in [1.165, 1.54) is 17.4 Å². The number of hydrogen-bond donors (Lipinski definition) is 0. The van der Waals surface area contributed by atoms with Gasteiger partial charge in [0.1, 0.15) is 5.75 Å². The maximum atomic E-state index is 12.3. The van der Waals surface area contributed by atoms with E-state index in [2.05, 4.69) is 0 Å². The van der Waals surface area contributed by atoms with Crippen molar-refractivity contribution in [2.45, 2.75) is 0 Å². The van der Waals surface area contributed by atoms with E-state index in [0.717, 1.165) is 5.56 Å². The first-order valence-electron chi connectivity index (χ1n) is 9.16. The van der Waals surface area contributed by atoms with Crippen molar-refractivity contribution in [1.29, 1.82) is 0 Å². The van der Waals surface area contributed by atoms with E-state index < -0.39 is 5.97 Å². The summed E-state index contributed by atoms with van der Waals surface area (Å²) in [5, 5.41) is 1.87. The summed E-state index contributed by atoms with van der Waals surface area (Å²) in [6.07, 6.45) is 2.88. The van der Waals surface area contributed by atoms with Crippen LogP contribution in [-0.4, -0.2) is 67.5 Å². The van der Waals surface area contributed by atoms with E-state index >= 15 is 0 Å². The lowest BCUT2D eigenvalue weighted by Crippen LogP contribution is -2.51. The molecule has 0 spiro atoms. The van der Waals surface area contributed by atoms with Gasteiger partial charge in [0.15, 0.2) is 6.61 Å². The van der Waals surface area contributed by atoms with Gasteiger partial charge in [0.05, 0.1) is 12.0 Å². The molecule has 1 saturated heterocycles. The smallest absolute Gasteiger partial charge is 0.331 e. The Kier molecular flexibility index (Phi) is 7.02. The molecule has 1 aliphatic rings. The summed E-state index contributed by atoms with van der Waals surface area (Å²) in [4.78, 5) is 40.5. The van der Waals surface area contributed by atoms with Crippen LogP contribution in [0.2, 0.25) is 0 Å². The number of amides is 2. The molecule has 2 amide bonds. The first kappa shape index (κ1) is 20.6. The number of thiophene rings is 1. The topological polar surface area (TPSA) is 76.2 Å². The van der Waals surface area contributed by atoms with Gasteiger partial charge in [-0.1, -0.05) is 18.2 Å². The molecule has 1 aromatic carbocycles. The van der Waals surface area contributed by atoms with Crippen molar-refractivity contribution in [2.24, 2.45) is 0 Å². The van der Waals surface area contributed by atoms with Crippen molar-refractivity contribution in [1.82, 2.24) is 9.80 Å². The van der Waals surface area contributed by atoms with Gasteiger partial charge < -0.3 is 19.3 Å². The molecule has 0 unspecified atom stereocenters. The standard InChI is InChI=1S/C21H22N2O5S/c1-27-17-5-2-4-16(14-17)7-8-20(25)28-15-19(24)22-9-11-23(12-10-22)21(26)18-6-3-13-29-18/h2-8,13-14H,9-12,15H2,1H3/b8-7+. The molecule has 152 valence electrons. The fourth-order valence-corrected chi connectivity index (χ4v) is 3.59. The third-order valence-corrected chi connectivity index (χ3v) is 5.35. The van der Waals surface area contributed by atoms with Crippen LogP contribution in [0.25, 0.3) is 6.08 Å². The van der Waals surface area contributed by atoms with E-state index in [-0.39, 0.29) is 18.4 Å². The van der Waals surface area contributed by atoms with Gasteiger partial charge in [0.2, 0.25) is 0 Å². The molecule has 2 heterocycles. The minimum atomic E-state index is -0.590. The van der Waals surface area contributed by atoms with Crippen LogP contribution in [-0.2, 0) is 14.3 Å². The Morgan fingerprint density at radius 2 is 1.83 bits per heavy atom. The Hall–Kier alpha value is -3.13. The second-order valence-electron chi connectivity index (χ2n) is 6.37. The number of esters is 1. The van der Waals surface area contributed by atoms with E-state index in [1.54, 1.807) is 35.1 Å². The summed E-state index contributed by atoms with van der Waals surface area (Å²) < 4.78 is 10.2. The molecule has 0 atom stereocenters. The van der Waals surface area contributed by atoms with Crippen molar-refractivity contribution in [2.75, 3.05) is 39.9 Å². The van der Waals surface area contributed by atoms with Crippen LogP contribution in [0.3, 0.4) is 0 Å².